The molecule has 0 aliphatic heterocycles. The van der Waals surface area contributed by atoms with Gasteiger partial charge in [0.1, 0.15) is 0 Å². The van der Waals surface area contributed by atoms with E-state index < -0.39 is 17.9 Å². The van der Waals surface area contributed by atoms with E-state index in [0.29, 0.717) is 39.2 Å². The van der Waals surface area contributed by atoms with Crippen LogP contribution >= 0.6 is 0 Å². The van der Waals surface area contributed by atoms with Crippen LogP contribution in [0.25, 0.3) is 0 Å². The molecule has 3 aromatic rings. The summed E-state index contributed by atoms with van der Waals surface area (Å²) in [6.07, 6.45) is -0.0971. The fourth-order valence-corrected chi connectivity index (χ4v) is 4.07. The first-order valence-electron chi connectivity index (χ1n) is 11.2. The Hall–Kier alpha value is -4.79. The van der Waals surface area contributed by atoms with Crippen molar-refractivity contribution < 1.29 is 34.2 Å². The van der Waals surface area contributed by atoms with Gasteiger partial charge in [-0.05, 0) is 30.2 Å². The maximum atomic E-state index is 13.0. The van der Waals surface area contributed by atoms with Crippen LogP contribution in [0.4, 0.5) is 11.4 Å². The Labute approximate surface area is 205 Å². The maximum absolute atomic E-state index is 13.0. The van der Waals surface area contributed by atoms with Crippen LogP contribution in [0, 0.1) is 5.92 Å². The predicted octanol–water partition coefficient (Wildman–Crippen LogP) is 3.23. The van der Waals surface area contributed by atoms with Gasteiger partial charge in [-0.25, -0.2) is 0 Å². The molecule has 0 atom stereocenters. The number of aliphatic carboxylic acids is 2. The second-order valence-corrected chi connectivity index (χ2v) is 8.29. The summed E-state index contributed by atoms with van der Waals surface area (Å²) in [4.78, 5) is 60.4. The average Bonchev–Trinajstić information content (AvgIpc) is 2.86. The van der Waals surface area contributed by atoms with Crippen molar-refractivity contribution in [2.75, 3.05) is 17.2 Å². The van der Waals surface area contributed by atoms with Crippen LogP contribution in [0.15, 0.2) is 66.7 Å². The lowest BCUT2D eigenvalue weighted by atomic mass is 9.83. The van der Waals surface area contributed by atoms with E-state index in [0.717, 1.165) is 0 Å². The van der Waals surface area contributed by atoms with Gasteiger partial charge in [-0.2, -0.15) is 0 Å². The van der Waals surface area contributed by atoms with Crippen molar-refractivity contribution in [3.63, 3.8) is 0 Å². The van der Waals surface area contributed by atoms with Gasteiger partial charge >= 0.3 is 11.9 Å². The van der Waals surface area contributed by atoms with Crippen molar-refractivity contribution in [1.82, 2.24) is 0 Å². The number of rotatable bonds is 9. The van der Waals surface area contributed by atoms with Crippen LogP contribution in [0.5, 0.6) is 0 Å². The number of carbonyl (C=O) groups is 5. The molecule has 9 nitrogen and oxygen atoms in total. The van der Waals surface area contributed by atoms with Gasteiger partial charge in [-0.3, -0.25) is 24.0 Å². The number of benzene rings is 3. The van der Waals surface area contributed by atoms with Gasteiger partial charge in [0.15, 0.2) is 17.5 Å². The molecule has 4 N–H and O–H groups in total. The number of carboxylic acid groups (broad SMARTS) is 2. The van der Waals surface area contributed by atoms with Crippen LogP contribution in [-0.2, 0) is 20.8 Å². The summed E-state index contributed by atoms with van der Waals surface area (Å²) >= 11 is 0. The minimum atomic E-state index is -1.55. The number of ketones is 2. The normalized spacial score (nSPS) is 12.0. The first-order chi connectivity index (χ1) is 17.3. The second-order valence-electron chi connectivity index (χ2n) is 8.29. The highest BCUT2D eigenvalue weighted by molar-refractivity contribution is 6.30. The van der Waals surface area contributed by atoms with E-state index in [2.05, 4.69) is 10.6 Å². The van der Waals surface area contributed by atoms with Crippen molar-refractivity contribution in [3.05, 3.63) is 94.5 Å². The van der Waals surface area contributed by atoms with Gasteiger partial charge in [0.05, 0.1) is 5.56 Å². The molecule has 0 aromatic heterocycles. The summed E-state index contributed by atoms with van der Waals surface area (Å²) in [6.45, 7) is 0.211. The molecule has 3 aromatic carbocycles. The van der Waals surface area contributed by atoms with Crippen molar-refractivity contribution in [2.45, 2.75) is 12.8 Å². The summed E-state index contributed by atoms with van der Waals surface area (Å²) in [6, 6.07) is 17.9. The molecule has 0 spiro atoms. The van der Waals surface area contributed by atoms with Gasteiger partial charge < -0.3 is 20.8 Å². The molecule has 1 aliphatic rings. The number of hydrogen-bond acceptors (Lipinski definition) is 6. The van der Waals surface area contributed by atoms with E-state index in [4.69, 9.17) is 10.2 Å². The molecule has 0 bridgehead atoms. The highest BCUT2D eigenvalue weighted by atomic mass is 16.4. The van der Waals surface area contributed by atoms with Gasteiger partial charge in [-0.15, -0.1) is 0 Å². The minimum Gasteiger partial charge on any atom is -0.481 e. The number of anilines is 2. The highest BCUT2D eigenvalue weighted by Crippen LogP contribution is 2.31. The van der Waals surface area contributed by atoms with E-state index in [9.17, 15) is 24.0 Å². The highest BCUT2D eigenvalue weighted by Gasteiger charge is 2.31. The Morgan fingerprint density at radius 1 is 0.750 bits per heavy atom. The zero-order valence-corrected chi connectivity index (χ0v) is 19.0. The van der Waals surface area contributed by atoms with Crippen LogP contribution in [0.3, 0.4) is 0 Å². The Morgan fingerprint density at radius 2 is 1.36 bits per heavy atom. The summed E-state index contributed by atoms with van der Waals surface area (Å²) in [5.74, 6) is -5.15. The lowest BCUT2D eigenvalue weighted by Crippen LogP contribution is -2.25. The van der Waals surface area contributed by atoms with Crippen LogP contribution in [0.1, 0.15) is 43.8 Å². The number of carboxylic acids is 2. The Bertz CT molecular complexity index is 1370. The Balaban J connectivity index is 1.36. The number of hydrogen-bond donors (Lipinski definition) is 4. The predicted molar refractivity (Wildman–Crippen MR) is 130 cm³/mol. The number of carbonyl (C=O) groups excluding carboxylic acids is 3. The number of fused-ring (bicyclic) bond motifs is 2. The fourth-order valence-electron chi connectivity index (χ4n) is 4.07. The van der Waals surface area contributed by atoms with Crippen LogP contribution in [0.2, 0.25) is 0 Å². The van der Waals surface area contributed by atoms with E-state index >= 15 is 0 Å². The van der Waals surface area contributed by atoms with Gasteiger partial charge in [-0.1, -0.05) is 48.5 Å². The zero-order chi connectivity index (χ0) is 25.8. The maximum Gasteiger partial charge on any atom is 0.318 e. The lowest BCUT2D eigenvalue weighted by Gasteiger charge is -2.20. The van der Waals surface area contributed by atoms with Gasteiger partial charge in [0.25, 0.3) is 0 Å². The third kappa shape index (κ3) is 5.00. The molecule has 0 heterocycles. The molecule has 0 saturated carbocycles. The second kappa shape index (κ2) is 10.2. The van der Waals surface area contributed by atoms with Crippen molar-refractivity contribution >= 4 is 40.8 Å². The summed E-state index contributed by atoms with van der Waals surface area (Å²) in [7, 11) is 0. The zero-order valence-electron chi connectivity index (χ0n) is 19.0. The lowest BCUT2D eigenvalue weighted by molar-refractivity contribution is -0.154. The van der Waals surface area contributed by atoms with Crippen molar-refractivity contribution in [1.29, 1.82) is 0 Å². The van der Waals surface area contributed by atoms with E-state index in [-0.39, 0.29) is 36.9 Å². The molecule has 0 saturated heterocycles. The van der Waals surface area contributed by atoms with Crippen molar-refractivity contribution in [3.8, 4) is 0 Å². The van der Waals surface area contributed by atoms with Crippen molar-refractivity contribution in [2.24, 2.45) is 5.92 Å². The molecule has 9 heteroatoms. The fraction of sp³-hybridized carbons (Fsp3) is 0.148. The van der Waals surface area contributed by atoms with Crippen LogP contribution < -0.4 is 10.6 Å². The number of amides is 1. The Morgan fingerprint density at radius 3 is 2.00 bits per heavy atom. The molecule has 0 fully saturated rings. The molecule has 36 heavy (non-hydrogen) atoms. The third-order valence-corrected chi connectivity index (χ3v) is 5.89. The SMILES string of the molecule is O=C(CCNc1cccc2c1C(=O)c1ccccc1C2=O)Nc1ccc(CC(C(=O)O)C(=O)O)cc1. The first-order valence-corrected chi connectivity index (χ1v) is 11.2. The molecular formula is C27H22N2O7. The van der Waals surface area contributed by atoms with E-state index in [1.807, 2.05) is 0 Å². The van der Waals surface area contributed by atoms with Gasteiger partial charge in [0, 0.05) is 41.0 Å². The van der Waals surface area contributed by atoms with E-state index in [1.54, 1.807) is 66.7 Å². The molecule has 1 amide bonds. The topological polar surface area (TPSA) is 150 Å². The first kappa shape index (κ1) is 24.3. The quantitative estimate of drug-likeness (QED) is 0.263. The smallest absolute Gasteiger partial charge is 0.318 e. The molecule has 182 valence electrons. The molecule has 4 rings (SSSR count). The van der Waals surface area contributed by atoms with E-state index in [1.165, 1.54) is 0 Å². The largest absolute Gasteiger partial charge is 0.481 e. The number of nitrogens with one attached hydrogen (secondary N) is 2. The molecule has 0 unspecified atom stereocenters. The molecule has 1 aliphatic carbocycles. The summed E-state index contributed by atoms with van der Waals surface area (Å²) in [5, 5.41) is 23.8. The molecule has 0 radical (unpaired) electrons. The monoisotopic (exact) mass is 486 g/mol. The standard InChI is InChI=1S/C27H22N2O7/c30-22(29-16-10-8-15(9-11-16)14-20(26(33)34)27(35)36)12-13-28-21-7-3-6-19-23(21)25(32)18-5-2-1-4-17(18)24(19)31/h1-11,20,28H,12-14H2,(H,29,30)(H,33,34)(H,35,36). The summed E-state index contributed by atoms with van der Waals surface area (Å²) < 4.78 is 0. The Kier molecular flexibility index (Phi) is 6.91. The average molecular weight is 486 g/mol. The van der Waals surface area contributed by atoms with Gasteiger partial charge in [0.2, 0.25) is 5.91 Å². The van der Waals surface area contributed by atoms with Crippen LogP contribution in [-0.4, -0.2) is 46.2 Å². The summed E-state index contributed by atoms with van der Waals surface area (Å²) in [5.41, 5.74) is 2.80. The third-order valence-electron chi connectivity index (χ3n) is 5.89. The minimum absolute atomic E-state index is 0.0737. The molecular weight excluding hydrogens is 464 g/mol.